The smallest absolute Gasteiger partial charge is 0.406 e. The summed E-state index contributed by atoms with van der Waals surface area (Å²) >= 11 is 6.00. The number of hydrogen-bond acceptors (Lipinski definition) is 4. The van der Waals surface area contributed by atoms with Crippen LogP contribution >= 0.6 is 11.6 Å². The number of benzene rings is 2. The number of hydrogen-bond donors (Lipinski definition) is 2. The van der Waals surface area contributed by atoms with Gasteiger partial charge >= 0.3 is 6.36 Å². The number of nitrogens with two attached hydrogens (primary N) is 1. The third-order valence-corrected chi connectivity index (χ3v) is 3.82. The standard InChI is InChI=1S/C17H15ClF3N3O2/c1-2-25-15(9-3-5-11(6-4-9)26-17(19,20)21)16-23-13-8-10(18)7-12(22)14(13)24-16/h3-8,15H,2,22H2,1H3,(H,23,24). The van der Waals surface area contributed by atoms with Crippen molar-refractivity contribution >= 4 is 28.3 Å². The van der Waals surface area contributed by atoms with Crippen LogP contribution in [0.15, 0.2) is 36.4 Å². The Morgan fingerprint density at radius 1 is 1.23 bits per heavy atom. The van der Waals surface area contributed by atoms with E-state index < -0.39 is 12.5 Å². The Kier molecular flexibility index (Phi) is 4.97. The molecule has 0 fully saturated rings. The van der Waals surface area contributed by atoms with Gasteiger partial charge in [-0.2, -0.15) is 0 Å². The second-order valence-electron chi connectivity index (χ2n) is 5.47. The number of nitrogens with zero attached hydrogens (tertiary/aromatic N) is 1. The van der Waals surface area contributed by atoms with Gasteiger partial charge in [0.1, 0.15) is 23.2 Å². The van der Waals surface area contributed by atoms with Crippen LogP contribution in [0.1, 0.15) is 24.4 Å². The van der Waals surface area contributed by atoms with E-state index in [1.165, 1.54) is 24.3 Å². The molecule has 3 rings (SSSR count). The van der Waals surface area contributed by atoms with E-state index in [1.54, 1.807) is 12.1 Å². The molecule has 1 heterocycles. The van der Waals surface area contributed by atoms with Crippen molar-refractivity contribution < 1.29 is 22.6 Å². The van der Waals surface area contributed by atoms with Crippen LogP contribution in [0.25, 0.3) is 11.0 Å². The summed E-state index contributed by atoms with van der Waals surface area (Å²) in [6.07, 6.45) is -5.35. The first-order valence-electron chi connectivity index (χ1n) is 7.68. The summed E-state index contributed by atoms with van der Waals surface area (Å²) < 4.78 is 46.5. The molecular weight excluding hydrogens is 371 g/mol. The molecule has 1 aromatic heterocycles. The van der Waals surface area contributed by atoms with Crippen LogP contribution in [-0.4, -0.2) is 22.9 Å². The highest BCUT2D eigenvalue weighted by atomic mass is 35.5. The molecule has 3 aromatic rings. The molecule has 0 radical (unpaired) electrons. The number of imidazole rings is 1. The topological polar surface area (TPSA) is 73.2 Å². The lowest BCUT2D eigenvalue weighted by molar-refractivity contribution is -0.274. The molecule has 1 unspecified atom stereocenters. The maximum absolute atomic E-state index is 12.3. The summed E-state index contributed by atoms with van der Waals surface area (Å²) in [5.41, 5.74) is 8.16. The first-order valence-corrected chi connectivity index (χ1v) is 8.06. The molecule has 0 saturated carbocycles. The maximum atomic E-state index is 12.3. The van der Waals surface area contributed by atoms with Crippen LogP contribution in [0.4, 0.5) is 18.9 Å². The Labute approximate surface area is 151 Å². The van der Waals surface area contributed by atoms with Crippen LogP contribution in [0, 0.1) is 0 Å². The predicted molar refractivity (Wildman–Crippen MR) is 92.1 cm³/mol. The van der Waals surface area contributed by atoms with Crippen LogP contribution in [-0.2, 0) is 4.74 Å². The van der Waals surface area contributed by atoms with Crippen LogP contribution < -0.4 is 10.5 Å². The highest BCUT2D eigenvalue weighted by Gasteiger charge is 2.31. The van der Waals surface area contributed by atoms with E-state index in [0.29, 0.717) is 39.7 Å². The van der Waals surface area contributed by atoms with Gasteiger partial charge in [0.15, 0.2) is 0 Å². The second kappa shape index (κ2) is 7.05. The Morgan fingerprint density at radius 2 is 1.92 bits per heavy atom. The lowest BCUT2D eigenvalue weighted by Gasteiger charge is -2.16. The van der Waals surface area contributed by atoms with Crippen LogP contribution in [0.3, 0.4) is 0 Å². The van der Waals surface area contributed by atoms with Gasteiger partial charge in [0.25, 0.3) is 0 Å². The number of ether oxygens (including phenoxy) is 2. The zero-order valence-electron chi connectivity index (χ0n) is 13.6. The molecule has 0 aliphatic carbocycles. The normalized spacial score (nSPS) is 13.1. The van der Waals surface area contributed by atoms with Gasteiger partial charge in [-0.3, -0.25) is 0 Å². The van der Waals surface area contributed by atoms with E-state index in [2.05, 4.69) is 14.7 Å². The number of aromatic amines is 1. The third-order valence-electron chi connectivity index (χ3n) is 3.60. The molecule has 0 aliphatic heterocycles. The van der Waals surface area contributed by atoms with Crippen molar-refractivity contribution in [3.63, 3.8) is 0 Å². The van der Waals surface area contributed by atoms with E-state index in [9.17, 15) is 13.2 Å². The van der Waals surface area contributed by atoms with Gasteiger partial charge in [0.05, 0.1) is 11.2 Å². The second-order valence-corrected chi connectivity index (χ2v) is 5.90. The molecular formula is C17H15ClF3N3O2. The minimum Gasteiger partial charge on any atom is -0.406 e. The number of alkyl halides is 3. The Hall–Kier alpha value is -2.45. The first-order chi connectivity index (χ1) is 12.3. The molecule has 0 bridgehead atoms. The number of H-pyrrole nitrogens is 1. The molecule has 0 amide bonds. The fourth-order valence-corrected chi connectivity index (χ4v) is 2.82. The Bertz CT molecular complexity index is 910. The SMILES string of the molecule is CCOC(c1ccc(OC(F)(F)F)cc1)c1nc2c(N)cc(Cl)cc2[nH]1. The van der Waals surface area contributed by atoms with Gasteiger partial charge in [0.2, 0.25) is 0 Å². The summed E-state index contributed by atoms with van der Waals surface area (Å²) in [7, 11) is 0. The van der Waals surface area contributed by atoms with E-state index >= 15 is 0 Å². The molecule has 9 heteroatoms. The minimum atomic E-state index is -4.74. The number of nitrogens with one attached hydrogen (secondary N) is 1. The van der Waals surface area contributed by atoms with Crippen molar-refractivity contribution in [3.05, 3.63) is 52.8 Å². The Morgan fingerprint density at radius 3 is 2.54 bits per heavy atom. The zero-order chi connectivity index (χ0) is 18.9. The summed E-state index contributed by atoms with van der Waals surface area (Å²) in [5, 5.41) is 0.465. The third kappa shape index (κ3) is 4.03. The summed E-state index contributed by atoms with van der Waals surface area (Å²) in [5.74, 6) is 0.164. The largest absolute Gasteiger partial charge is 0.573 e. The number of fused-ring (bicyclic) bond motifs is 1. The number of nitrogen functional groups attached to an aromatic ring is 1. The molecule has 2 aromatic carbocycles. The maximum Gasteiger partial charge on any atom is 0.573 e. The Balaban J connectivity index is 1.95. The van der Waals surface area contributed by atoms with Crippen molar-refractivity contribution in [2.75, 3.05) is 12.3 Å². The number of rotatable bonds is 5. The first kappa shape index (κ1) is 18.3. The van der Waals surface area contributed by atoms with E-state index in [4.69, 9.17) is 22.1 Å². The predicted octanol–water partition coefficient (Wildman–Crippen LogP) is 4.82. The van der Waals surface area contributed by atoms with Crippen LogP contribution in [0.2, 0.25) is 5.02 Å². The lowest BCUT2D eigenvalue weighted by Crippen LogP contribution is -2.17. The highest BCUT2D eigenvalue weighted by molar-refractivity contribution is 6.31. The molecule has 26 heavy (non-hydrogen) atoms. The van der Waals surface area contributed by atoms with E-state index in [-0.39, 0.29) is 5.75 Å². The zero-order valence-corrected chi connectivity index (χ0v) is 14.4. The average Bonchev–Trinajstić information content (AvgIpc) is 2.96. The number of anilines is 1. The summed E-state index contributed by atoms with van der Waals surface area (Å²) in [6.45, 7) is 2.18. The van der Waals surface area contributed by atoms with Gasteiger partial charge < -0.3 is 20.2 Å². The fraction of sp³-hybridized carbons (Fsp3) is 0.235. The van der Waals surface area contributed by atoms with E-state index in [0.717, 1.165) is 0 Å². The molecule has 3 N–H and O–H groups in total. The van der Waals surface area contributed by atoms with Gasteiger partial charge in [-0.1, -0.05) is 23.7 Å². The molecule has 138 valence electrons. The van der Waals surface area contributed by atoms with Crippen molar-refractivity contribution in [1.82, 2.24) is 9.97 Å². The molecule has 0 saturated heterocycles. The molecule has 5 nitrogen and oxygen atoms in total. The van der Waals surface area contributed by atoms with Gasteiger partial charge in [0, 0.05) is 11.6 Å². The van der Waals surface area contributed by atoms with Gasteiger partial charge in [-0.05, 0) is 36.8 Å². The minimum absolute atomic E-state index is 0.308. The van der Waals surface area contributed by atoms with Crippen molar-refractivity contribution in [2.45, 2.75) is 19.4 Å². The van der Waals surface area contributed by atoms with Gasteiger partial charge in [-0.25, -0.2) is 4.98 Å². The van der Waals surface area contributed by atoms with E-state index in [1.807, 2.05) is 6.92 Å². The number of halogens is 4. The molecule has 1 atom stereocenters. The highest BCUT2D eigenvalue weighted by Crippen LogP contribution is 2.31. The quantitative estimate of drug-likeness (QED) is 0.617. The fourth-order valence-electron chi connectivity index (χ4n) is 2.59. The van der Waals surface area contributed by atoms with Crippen molar-refractivity contribution in [1.29, 1.82) is 0 Å². The van der Waals surface area contributed by atoms with Crippen molar-refractivity contribution in [3.8, 4) is 5.75 Å². The average molecular weight is 386 g/mol. The molecule has 0 aliphatic rings. The lowest BCUT2D eigenvalue weighted by atomic mass is 10.1. The van der Waals surface area contributed by atoms with Gasteiger partial charge in [-0.15, -0.1) is 13.2 Å². The molecule has 0 spiro atoms. The van der Waals surface area contributed by atoms with Crippen molar-refractivity contribution in [2.24, 2.45) is 0 Å². The summed E-state index contributed by atoms with van der Waals surface area (Å²) in [6, 6.07) is 8.71. The monoisotopic (exact) mass is 385 g/mol. The summed E-state index contributed by atoms with van der Waals surface area (Å²) in [4.78, 5) is 7.56. The number of aromatic nitrogens is 2. The van der Waals surface area contributed by atoms with Crippen LogP contribution in [0.5, 0.6) is 5.75 Å².